The Balaban J connectivity index is 1.28. The molecule has 0 saturated carbocycles. The maximum Gasteiger partial charge on any atom is 0.522 e. The number of carbonyl (C=O) groups is 1. The summed E-state index contributed by atoms with van der Waals surface area (Å²) in [4.78, 5) is 33.8. The van der Waals surface area contributed by atoms with Gasteiger partial charge < -0.3 is 28.7 Å². The Hall–Kier alpha value is -5.05. The maximum absolute atomic E-state index is 17.7. The Morgan fingerprint density at radius 1 is 1.05 bits per heavy atom. The Labute approximate surface area is 344 Å². The van der Waals surface area contributed by atoms with Crippen molar-refractivity contribution in [2.75, 3.05) is 51.6 Å². The molecule has 17 heteroatoms. The van der Waals surface area contributed by atoms with E-state index >= 15 is 8.78 Å². The highest BCUT2D eigenvalue weighted by molar-refractivity contribution is 6.03. The fourth-order valence-corrected chi connectivity index (χ4v) is 9.38. The number of hydrogen-bond acceptors (Lipinski definition) is 11. The fourth-order valence-electron chi connectivity index (χ4n) is 9.38. The standard InChI is InChI=1S/C43H47F5N6O6/c1-7-25-19-53-26(20-54(25)40(55)60-41(3,4)5)11-13-32-34-37(50-39(51-38(34)53)57-22-42-14-9-15-52(42)21-28(18-42)59-43(46,47)48)35(45)36(49-32)30-17-27(58-23-56-6)16-24-10-12-31(44)29(8-2)33(24)30/h2,10,12,16-17,25-26,28H,7,9,11,13-15,18-23H2,1,3-6H3/t25-,26-,28+,42+/m1/s1. The zero-order valence-electron chi connectivity index (χ0n) is 34.1. The fraction of sp³-hybridized carbons (Fsp3) is 0.535. The number of nitrogens with zero attached hydrogens (tertiary/aromatic N) is 6. The smallest absolute Gasteiger partial charge is 0.468 e. The van der Waals surface area contributed by atoms with Gasteiger partial charge in [-0.1, -0.05) is 18.9 Å². The molecule has 12 nitrogen and oxygen atoms in total. The number of pyridine rings is 1. The van der Waals surface area contributed by atoms with Gasteiger partial charge in [0.05, 0.1) is 34.3 Å². The first-order chi connectivity index (χ1) is 28.5. The van der Waals surface area contributed by atoms with Crippen LogP contribution in [0.25, 0.3) is 32.9 Å². The predicted molar refractivity (Wildman–Crippen MR) is 212 cm³/mol. The lowest BCUT2D eigenvalue weighted by Crippen LogP contribution is -2.60. The number of aryl methyl sites for hydroxylation is 1. The minimum Gasteiger partial charge on any atom is -0.468 e. The quantitative estimate of drug-likeness (QED) is 0.0938. The number of terminal acetylenes is 1. The molecule has 2 aromatic carbocycles. The van der Waals surface area contributed by atoms with Gasteiger partial charge in [-0.3, -0.25) is 9.64 Å². The van der Waals surface area contributed by atoms with E-state index in [1.807, 2.05) is 37.5 Å². The molecule has 4 aromatic rings. The zero-order chi connectivity index (χ0) is 42.7. The topological polar surface area (TPSA) is 112 Å². The Kier molecular flexibility index (Phi) is 11.0. The number of halogens is 5. The normalized spacial score (nSPS) is 23.1. The number of anilines is 1. The number of fused-ring (bicyclic) bond motifs is 4. The number of alkyl halides is 3. The van der Waals surface area contributed by atoms with Crippen LogP contribution in [0, 0.1) is 24.0 Å². The molecule has 0 radical (unpaired) electrons. The van der Waals surface area contributed by atoms with Crippen molar-refractivity contribution in [1.82, 2.24) is 24.8 Å². The largest absolute Gasteiger partial charge is 0.522 e. The van der Waals surface area contributed by atoms with E-state index in [1.165, 1.54) is 25.3 Å². The van der Waals surface area contributed by atoms with E-state index in [0.717, 1.165) is 6.42 Å². The lowest BCUT2D eigenvalue weighted by atomic mass is 9.94. The lowest BCUT2D eigenvalue weighted by Gasteiger charge is -2.46. The third-order valence-electron chi connectivity index (χ3n) is 11.9. The van der Waals surface area contributed by atoms with E-state index in [1.54, 1.807) is 11.0 Å². The van der Waals surface area contributed by atoms with E-state index in [2.05, 4.69) is 15.6 Å². The van der Waals surface area contributed by atoms with Gasteiger partial charge in [0.1, 0.15) is 40.8 Å². The summed E-state index contributed by atoms with van der Waals surface area (Å²) >= 11 is 0. The summed E-state index contributed by atoms with van der Waals surface area (Å²) in [6.07, 6.45) is 2.33. The number of ether oxygens (including phenoxy) is 5. The number of aromatic nitrogens is 3. The second kappa shape index (κ2) is 15.8. The van der Waals surface area contributed by atoms with E-state index in [-0.39, 0.29) is 78.7 Å². The number of amides is 1. The molecule has 0 N–H and O–H groups in total. The van der Waals surface area contributed by atoms with Crippen LogP contribution in [0.1, 0.15) is 71.1 Å². The molecule has 0 bridgehead atoms. The summed E-state index contributed by atoms with van der Waals surface area (Å²) < 4.78 is 100. The van der Waals surface area contributed by atoms with Crippen LogP contribution in [0.4, 0.5) is 32.6 Å². The number of rotatable bonds is 9. The van der Waals surface area contributed by atoms with Crippen molar-refractivity contribution >= 4 is 33.6 Å². The van der Waals surface area contributed by atoms with Gasteiger partial charge in [-0.2, -0.15) is 9.97 Å². The van der Waals surface area contributed by atoms with E-state index < -0.39 is 41.3 Å². The minimum absolute atomic E-state index is 0.0656. The molecule has 4 aliphatic heterocycles. The second-order valence-corrected chi connectivity index (χ2v) is 17.0. The van der Waals surface area contributed by atoms with Crippen LogP contribution in [0.3, 0.4) is 0 Å². The summed E-state index contributed by atoms with van der Waals surface area (Å²) in [5.41, 5.74) is -1.23. The van der Waals surface area contributed by atoms with Crippen LogP contribution < -0.4 is 14.4 Å². The van der Waals surface area contributed by atoms with Crippen molar-refractivity contribution in [2.45, 2.75) is 102 Å². The summed E-state index contributed by atoms with van der Waals surface area (Å²) in [6, 6.07) is 5.15. The van der Waals surface area contributed by atoms with Gasteiger partial charge in [0.2, 0.25) is 0 Å². The van der Waals surface area contributed by atoms with Gasteiger partial charge in [0.25, 0.3) is 0 Å². The highest BCUT2D eigenvalue weighted by Crippen LogP contribution is 2.45. The predicted octanol–water partition coefficient (Wildman–Crippen LogP) is 7.76. The van der Waals surface area contributed by atoms with Crippen LogP contribution in [-0.2, 0) is 20.6 Å². The van der Waals surface area contributed by atoms with Crippen molar-refractivity contribution in [2.24, 2.45) is 0 Å². The number of carbonyl (C=O) groups excluding carboxylic acids is 1. The Morgan fingerprint density at radius 2 is 1.85 bits per heavy atom. The van der Waals surface area contributed by atoms with Crippen LogP contribution >= 0.6 is 0 Å². The first-order valence-electron chi connectivity index (χ1n) is 20.1. The first kappa shape index (κ1) is 41.7. The molecule has 0 aliphatic carbocycles. The van der Waals surface area contributed by atoms with Gasteiger partial charge in [-0.15, -0.1) is 19.6 Å². The number of piperazine rings is 1. The monoisotopic (exact) mass is 838 g/mol. The van der Waals surface area contributed by atoms with Crippen LogP contribution in [0.5, 0.6) is 11.8 Å². The van der Waals surface area contributed by atoms with Gasteiger partial charge >= 0.3 is 18.5 Å². The average Bonchev–Trinajstić information content (AvgIpc) is 3.68. The van der Waals surface area contributed by atoms with E-state index in [0.29, 0.717) is 66.8 Å². The minimum atomic E-state index is -4.79. The SMILES string of the molecule is C#Cc1c(F)ccc2cc(OCOC)cc(-c3nc4c5c(nc(OC[C@@]67CCCN6C[C@@H](OC(F)(F)F)C7)nc5c3F)N3C[C@@H](CC)N(C(=O)OC(C)(C)C)C[C@H]3CC4)c12. The molecule has 60 heavy (non-hydrogen) atoms. The molecule has 8 rings (SSSR count). The van der Waals surface area contributed by atoms with Crippen LogP contribution in [0.15, 0.2) is 24.3 Å². The van der Waals surface area contributed by atoms with Crippen molar-refractivity contribution in [1.29, 1.82) is 0 Å². The van der Waals surface area contributed by atoms with Crippen LogP contribution in [0.2, 0.25) is 0 Å². The van der Waals surface area contributed by atoms with E-state index in [9.17, 15) is 18.0 Å². The van der Waals surface area contributed by atoms with E-state index in [4.69, 9.17) is 35.3 Å². The second-order valence-electron chi connectivity index (χ2n) is 17.0. The molecule has 1 amide bonds. The van der Waals surface area contributed by atoms with Crippen molar-refractivity contribution in [3.8, 4) is 35.4 Å². The average molecular weight is 839 g/mol. The van der Waals surface area contributed by atoms with Crippen molar-refractivity contribution < 1.29 is 50.4 Å². The molecule has 2 aromatic heterocycles. The summed E-state index contributed by atoms with van der Waals surface area (Å²) in [7, 11) is 1.46. The molecule has 6 heterocycles. The number of benzene rings is 2. The van der Waals surface area contributed by atoms with Gasteiger partial charge in [0.15, 0.2) is 12.6 Å². The lowest BCUT2D eigenvalue weighted by molar-refractivity contribution is -0.340. The Morgan fingerprint density at radius 3 is 2.57 bits per heavy atom. The van der Waals surface area contributed by atoms with Crippen molar-refractivity contribution in [3.05, 3.63) is 47.2 Å². The first-order valence-corrected chi connectivity index (χ1v) is 20.1. The third kappa shape index (κ3) is 7.85. The summed E-state index contributed by atoms with van der Waals surface area (Å²) in [6.45, 7) is 8.48. The molecule has 0 spiro atoms. The molecule has 0 unspecified atom stereocenters. The molecule has 3 saturated heterocycles. The third-order valence-corrected chi connectivity index (χ3v) is 11.9. The highest BCUT2D eigenvalue weighted by atomic mass is 19.4. The summed E-state index contributed by atoms with van der Waals surface area (Å²) in [5, 5.41) is 1.07. The molecule has 3 fully saturated rings. The molecule has 4 aliphatic rings. The molecule has 320 valence electrons. The number of hydrogen-bond donors (Lipinski definition) is 0. The van der Waals surface area contributed by atoms with Gasteiger partial charge in [0, 0.05) is 43.7 Å². The highest BCUT2D eigenvalue weighted by Gasteiger charge is 2.52. The number of methoxy groups -OCH3 is 1. The zero-order valence-corrected chi connectivity index (χ0v) is 34.1. The molecule has 4 atom stereocenters. The summed E-state index contributed by atoms with van der Waals surface area (Å²) in [5.74, 6) is 1.55. The Bertz CT molecular complexity index is 2370. The van der Waals surface area contributed by atoms with Crippen molar-refractivity contribution in [3.63, 3.8) is 0 Å². The molecular weight excluding hydrogens is 791 g/mol. The van der Waals surface area contributed by atoms with Gasteiger partial charge in [-0.25, -0.2) is 18.6 Å². The molecular formula is C43H47F5N6O6. The van der Waals surface area contributed by atoms with Gasteiger partial charge in [-0.05, 0) is 89.4 Å². The maximum atomic E-state index is 17.7. The van der Waals surface area contributed by atoms with Crippen LogP contribution in [-0.4, -0.2) is 113 Å².